The fourth-order valence-electron chi connectivity index (χ4n) is 3.16. The summed E-state index contributed by atoms with van der Waals surface area (Å²) in [6, 6.07) is 0.114. The zero-order valence-electron chi connectivity index (χ0n) is 13.9. The molecule has 0 aromatic carbocycles. The Morgan fingerprint density at radius 2 is 1.68 bits per heavy atom. The van der Waals surface area contributed by atoms with E-state index in [-0.39, 0.29) is 12.3 Å². The van der Waals surface area contributed by atoms with Crippen molar-refractivity contribution in [2.45, 2.75) is 38.5 Å². The molecule has 2 aliphatic heterocycles. The molecule has 130 valence electrons. The highest BCUT2D eigenvalue weighted by atomic mass is 32.2. The van der Waals surface area contributed by atoms with Crippen molar-refractivity contribution in [3.63, 3.8) is 0 Å². The SMILES string of the molecule is COC(CN1CCN(S(=O)(=O)N2CCCC[C@@H]2C)CC1)OC. The van der Waals surface area contributed by atoms with Gasteiger partial charge in [0.05, 0.1) is 0 Å². The number of methoxy groups -OCH3 is 2. The van der Waals surface area contributed by atoms with E-state index >= 15 is 0 Å². The molecule has 0 aromatic heterocycles. The van der Waals surface area contributed by atoms with Crippen LogP contribution >= 0.6 is 0 Å². The highest BCUT2D eigenvalue weighted by molar-refractivity contribution is 7.86. The van der Waals surface area contributed by atoms with Gasteiger partial charge in [-0.1, -0.05) is 6.42 Å². The number of nitrogens with zero attached hydrogens (tertiary/aromatic N) is 3. The predicted octanol–water partition coefficient (Wildman–Crippen LogP) is 0.342. The first kappa shape index (κ1) is 18.1. The number of ether oxygens (including phenoxy) is 2. The first-order chi connectivity index (χ1) is 10.5. The molecule has 0 aliphatic carbocycles. The van der Waals surface area contributed by atoms with E-state index in [1.807, 2.05) is 6.92 Å². The molecule has 0 saturated carbocycles. The molecule has 0 N–H and O–H groups in total. The van der Waals surface area contributed by atoms with Crippen LogP contribution in [0.4, 0.5) is 0 Å². The average molecular weight is 335 g/mol. The Morgan fingerprint density at radius 1 is 1.05 bits per heavy atom. The Bertz CT molecular complexity index is 433. The molecule has 2 heterocycles. The first-order valence-corrected chi connectivity index (χ1v) is 9.43. The van der Waals surface area contributed by atoms with Crippen LogP contribution in [0.25, 0.3) is 0 Å². The Hall–Kier alpha value is -0.250. The summed E-state index contributed by atoms with van der Waals surface area (Å²) in [6.07, 6.45) is 2.79. The summed E-state index contributed by atoms with van der Waals surface area (Å²) in [5, 5.41) is 0. The zero-order valence-corrected chi connectivity index (χ0v) is 14.7. The predicted molar refractivity (Wildman–Crippen MR) is 84.8 cm³/mol. The van der Waals surface area contributed by atoms with E-state index in [0.717, 1.165) is 19.3 Å². The molecule has 1 atom stereocenters. The molecular formula is C14H29N3O4S. The van der Waals surface area contributed by atoms with Crippen LogP contribution in [0.1, 0.15) is 26.2 Å². The summed E-state index contributed by atoms with van der Waals surface area (Å²) in [6.45, 7) is 5.82. The fraction of sp³-hybridized carbons (Fsp3) is 1.00. The van der Waals surface area contributed by atoms with Gasteiger partial charge in [0, 0.05) is 59.5 Å². The molecular weight excluding hydrogens is 306 g/mol. The van der Waals surface area contributed by atoms with E-state index in [1.165, 1.54) is 0 Å². The second kappa shape index (κ2) is 8.03. The van der Waals surface area contributed by atoms with Crippen molar-refractivity contribution in [2.75, 3.05) is 53.5 Å². The summed E-state index contributed by atoms with van der Waals surface area (Å²) in [7, 11) is -0.0844. The average Bonchev–Trinajstić information content (AvgIpc) is 2.53. The van der Waals surface area contributed by atoms with Gasteiger partial charge in [0.1, 0.15) is 0 Å². The molecule has 0 radical (unpaired) electrons. The molecule has 2 aliphatic rings. The van der Waals surface area contributed by atoms with Gasteiger partial charge in [-0.3, -0.25) is 4.90 Å². The maximum Gasteiger partial charge on any atom is 0.282 e. The van der Waals surface area contributed by atoms with Crippen molar-refractivity contribution in [3.05, 3.63) is 0 Å². The van der Waals surface area contributed by atoms with Gasteiger partial charge in [0.25, 0.3) is 10.2 Å². The van der Waals surface area contributed by atoms with Crippen LogP contribution in [0.3, 0.4) is 0 Å². The molecule has 2 saturated heterocycles. The maximum absolute atomic E-state index is 12.8. The van der Waals surface area contributed by atoms with E-state index in [0.29, 0.717) is 39.3 Å². The van der Waals surface area contributed by atoms with Crippen LogP contribution in [-0.2, 0) is 19.7 Å². The maximum atomic E-state index is 12.8. The summed E-state index contributed by atoms with van der Waals surface area (Å²) < 4.78 is 39.3. The van der Waals surface area contributed by atoms with Crippen molar-refractivity contribution in [1.29, 1.82) is 0 Å². The van der Waals surface area contributed by atoms with Crippen LogP contribution < -0.4 is 0 Å². The van der Waals surface area contributed by atoms with Gasteiger partial charge in [-0.15, -0.1) is 0 Å². The standard InChI is InChI=1S/C14H29N3O4S/c1-13-6-4-5-7-17(13)22(18,19)16-10-8-15(9-11-16)12-14(20-2)21-3/h13-14H,4-12H2,1-3H3/t13-/m0/s1. The number of hydrogen-bond acceptors (Lipinski definition) is 5. The smallest absolute Gasteiger partial charge is 0.282 e. The van der Waals surface area contributed by atoms with E-state index < -0.39 is 10.2 Å². The van der Waals surface area contributed by atoms with Gasteiger partial charge in [0.15, 0.2) is 6.29 Å². The summed E-state index contributed by atoms with van der Waals surface area (Å²) >= 11 is 0. The molecule has 8 heteroatoms. The van der Waals surface area contributed by atoms with Crippen molar-refractivity contribution in [1.82, 2.24) is 13.5 Å². The highest BCUT2D eigenvalue weighted by Gasteiger charge is 2.36. The highest BCUT2D eigenvalue weighted by Crippen LogP contribution is 2.23. The van der Waals surface area contributed by atoms with E-state index in [1.54, 1.807) is 22.8 Å². The number of piperidine rings is 1. The minimum atomic E-state index is -3.32. The Balaban J connectivity index is 1.90. The monoisotopic (exact) mass is 335 g/mol. The molecule has 0 aromatic rings. The van der Waals surface area contributed by atoms with Crippen molar-refractivity contribution >= 4 is 10.2 Å². The summed E-state index contributed by atoms with van der Waals surface area (Å²) in [5.41, 5.74) is 0. The lowest BCUT2D eigenvalue weighted by Gasteiger charge is -2.40. The number of piperazine rings is 1. The fourth-order valence-corrected chi connectivity index (χ4v) is 5.00. The van der Waals surface area contributed by atoms with Crippen LogP contribution in [-0.4, -0.2) is 87.7 Å². The molecule has 22 heavy (non-hydrogen) atoms. The van der Waals surface area contributed by atoms with Crippen LogP contribution in [0.15, 0.2) is 0 Å². The molecule has 7 nitrogen and oxygen atoms in total. The zero-order chi connectivity index (χ0) is 16.2. The van der Waals surface area contributed by atoms with Crippen LogP contribution in [0.2, 0.25) is 0 Å². The van der Waals surface area contributed by atoms with Crippen molar-refractivity contribution < 1.29 is 17.9 Å². The van der Waals surface area contributed by atoms with Gasteiger partial charge in [-0.2, -0.15) is 17.0 Å². The number of rotatable bonds is 6. The minimum Gasteiger partial charge on any atom is -0.355 e. The third kappa shape index (κ3) is 4.18. The van der Waals surface area contributed by atoms with Gasteiger partial charge in [-0.25, -0.2) is 0 Å². The second-order valence-corrected chi connectivity index (χ2v) is 7.94. The molecule has 0 bridgehead atoms. The van der Waals surface area contributed by atoms with Gasteiger partial charge in [-0.05, 0) is 19.8 Å². The van der Waals surface area contributed by atoms with Crippen molar-refractivity contribution in [2.24, 2.45) is 0 Å². The Morgan fingerprint density at radius 3 is 2.23 bits per heavy atom. The molecule has 2 fully saturated rings. The number of hydrogen-bond donors (Lipinski definition) is 0. The Kier molecular flexibility index (Phi) is 6.60. The molecule has 0 unspecified atom stereocenters. The lowest BCUT2D eigenvalue weighted by Crippen LogP contribution is -2.56. The quantitative estimate of drug-likeness (QED) is 0.655. The van der Waals surface area contributed by atoms with Crippen molar-refractivity contribution in [3.8, 4) is 0 Å². The van der Waals surface area contributed by atoms with Crippen LogP contribution in [0.5, 0.6) is 0 Å². The third-order valence-electron chi connectivity index (χ3n) is 4.63. The normalized spacial score (nSPS) is 26.6. The van der Waals surface area contributed by atoms with Gasteiger partial charge in [0.2, 0.25) is 0 Å². The lowest BCUT2D eigenvalue weighted by atomic mass is 10.1. The minimum absolute atomic E-state index is 0.114. The van der Waals surface area contributed by atoms with E-state index in [2.05, 4.69) is 4.90 Å². The lowest BCUT2D eigenvalue weighted by molar-refractivity contribution is -0.118. The molecule has 0 amide bonds. The summed E-state index contributed by atoms with van der Waals surface area (Å²) in [5.74, 6) is 0. The van der Waals surface area contributed by atoms with Crippen LogP contribution in [0, 0.1) is 0 Å². The largest absolute Gasteiger partial charge is 0.355 e. The summed E-state index contributed by atoms with van der Waals surface area (Å²) in [4.78, 5) is 2.18. The second-order valence-electron chi connectivity index (χ2n) is 6.06. The molecule has 0 spiro atoms. The van der Waals surface area contributed by atoms with Gasteiger partial charge >= 0.3 is 0 Å². The molecule has 2 rings (SSSR count). The third-order valence-corrected chi connectivity index (χ3v) is 6.78. The van der Waals surface area contributed by atoms with Gasteiger partial charge < -0.3 is 9.47 Å². The topological polar surface area (TPSA) is 62.3 Å². The Labute approximate surface area is 134 Å². The first-order valence-electron chi connectivity index (χ1n) is 8.04. The van der Waals surface area contributed by atoms with E-state index in [9.17, 15) is 8.42 Å². The van der Waals surface area contributed by atoms with E-state index in [4.69, 9.17) is 9.47 Å².